The highest BCUT2D eigenvalue weighted by atomic mass is 14.6. The van der Waals surface area contributed by atoms with Crippen LogP contribution in [0.3, 0.4) is 0 Å². The van der Waals surface area contributed by atoms with Crippen molar-refractivity contribution in [1.82, 2.24) is 0 Å². The van der Waals surface area contributed by atoms with Crippen LogP contribution in [0.5, 0.6) is 0 Å². The molecule has 0 nitrogen and oxygen atoms in total. The average Bonchev–Trinajstić information content (AvgIpc) is 1.48. The van der Waals surface area contributed by atoms with Crippen molar-refractivity contribution in [2.24, 2.45) is 0 Å². The molecule has 0 N–H and O–H groups in total. The first-order chi connectivity index (χ1) is 67.9. The summed E-state index contributed by atoms with van der Waals surface area (Å²) in [7, 11) is 0. The fourth-order valence-corrected chi connectivity index (χ4v) is 29.5. The maximum atomic E-state index is 2.95. The van der Waals surface area contributed by atoms with Crippen LogP contribution in [0.2, 0.25) is 0 Å². The Labute approximate surface area is 843 Å². The Morgan fingerprint density at radius 3 is 0.486 bits per heavy atom. The van der Waals surface area contributed by atoms with Crippen LogP contribution >= 0.6 is 0 Å². The lowest BCUT2D eigenvalue weighted by Gasteiger charge is -2.39. The highest BCUT2D eigenvalue weighted by molar-refractivity contribution is 6.07. The summed E-state index contributed by atoms with van der Waals surface area (Å²) in [5, 5.41) is 0. The first-order valence-corrected chi connectivity index (χ1v) is 59.4. The molecule has 0 radical (unpaired) electrons. The zero-order valence-electron chi connectivity index (χ0n) is 89.7. The Hall–Kier alpha value is -7.80. The summed E-state index contributed by atoms with van der Waals surface area (Å²) in [5.74, 6) is 0. The van der Waals surface area contributed by atoms with Crippen LogP contribution in [-0.2, 0) is 32.5 Å². The van der Waals surface area contributed by atoms with Crippen LogP contribution < -0.4 is 0 Å². The molecule has 138 heavy (non-hydrogen) atoms. The summed E-state index contributed by atoms with van der Waals surface area (Å²) in [6.07, 6.45) is 75.7. The molecule has 0 heteroatoms. The summed E-state index contributed by atoms with van der Waals surface area (Å²) < 4.78 is 0. The summed E-state index contributed by atoms with van der Waals surface area (Å²) in [6, 6.07) is 79.5. The van der Waals surface area contributed by atoms with E-state index in [2.05, 4.69) is 265 Å². The minimum absolute atomic E-state index is 0.0152. The van der Waals surface area contributed by atoms with Crippen LogP contribution in [0, 0.1) is 0 Å². The minimum atomic E-state index is -0.227. The van der Waals surface area contributed by atoms with Crippen molar-refractivity contribution in [2.75, 3.05) is 0 Å². The van der Waals surface area contributed by atoms with Crippen molar-refractivity contribution < 1.29 is 0 Å². The molecule has 0 unspecified atom stereocenters. The first kappa shape index (κ1) is 103. The molecule has 0 aliphatic heterocycles. The lowest BCUT2D eigenvalue weighted by atomic mass is 9.63. The molecule has 0 bridgehead atoms. The number of hydrogen-bond acceptors (Lipinski definition) is 0. The summed E-state index contributed by atoms with van der Waals surface area (Å²) >= 11 is 0. The molecule has 6 aliphatic rings. The molecule has 0 amide bonds. The molecule has 738 valence electrons. The van der Waals surface area contributed by atoms with E-state index in [0.717, 1.165) is 0 Å². The molecule has 0 atom stereocenters. The molecular weight excluding hydrogens is 1660 g/mol. The van der Waals surface area contributed by atoms with E-state index in [1.807, 2.05) is 0 Å². The average molecular weight is 1850 g/mol. The van der Waals surface area contributed by atoms with E-state index in [9.17, 15) is 0 Å². The Morgan fingerprint density at radius 2 is 0.290 bits per heavy atom. The van der Waals surface area contributed by atoms with E-state index in [-0.39, 0.29) is 32.5 Å². The highest BCUT2D eigenvalue weighted by Gasteiger charge is 2.59. The molecule has 0 saturated carbocycles. The maximum Gasteiger partial charge on any atom is 0.0221 e. The predicted octanol–water partition coefficient (Wildman–Crippen LogP) is 43.9. The van der Waals surface area contributed by atoms with Gasteiger partial charge in [0.15, 0.2) is 0 Å². The summed E-state index contributed by atoms with van der Waals surface area (Å²) in [5.41, 5.74) is 47.0. The molecule has 0 aromatic heterocycles. The van der Waals surface area contributed by atoms with Gasteiger partial charge in [-0.15, -0.1) is 0 Å². The lowest BCUT2D eigenvalue weighted by Crippen LogP contribution is -2.31. The van der Waals surface area contributed by atoms with Crippen molar-refractivity contribution in [1.29, 1.82) is 0 Å². The van der Waals surface area contributed by atoms with Gasteiger partial charge in [0.25, 0.3) is 0 Å². The second-order valence-corrected chi connectivity index (χ2v) is 45.7. The minimum Gasteiger partial charge on any atom is -0.0654 e. The monoisotopic (exact) mass is 1840 g/mol. The van der Waals surface area contributed by atoms with Gasteiger partial charge in [-0.2, -0.15) is 0 Å². The lowest BCUT2D eigenvalue weighted by molar-refractivity contribution is 0.389. The van der Waals surface area contributed by atoms with Gasteiger partial charge in [-0.3, -0.25) is 0 Å². The topological polar surface area (TPSA) is 0 Å². The van der Waals surface area contributed by atoms with E-state index in [0.29, 0.717) is 0 Å². The van der Waals surface area contributed by atoms with Gasteiger partial charge >= 0.3 is 0 Å². The number of hydrogen-bond donors (Lipinski definition) is 0. The van der Waals surface area contributed by atoms with Gasteiger partial charge in [-0.25, -0.2) is 0 Å². The molecule has 0 saturated heterocycles. The van der Waals surface area contributed by atoms with Crippen LogP contribution in [0.25, 0.3) is 100 Å². The number of benzene rings is 10. The summed E-state index contributed by atoms with van der Waals surface area (Å²) in [6.45, 7) is 29.3. The van der Waals surface area contributed by atoms with Gasteiger partial charge in [-0.05, 0) is 280 Å². The normalized spacial score (nSPS) is 15.3. The fourth-order valence-electron chi connectivity index (χ4n) is 29.5. The van der Waals surface area contributed by atoms with E-state index in [1.165, 1.54) is 452 Å². The van der Waals surface area contributed by atoms with Crippen molar-refractivity contribution in [3.05, 3.63) is 249 Å². The second-order valence-electron chi connectivity index (χ2n) is 45.7. The molecule has 16 rings (SSSR count). The zero-order valence-corrected chi connectivity index (χ0v) is 89.7. The van der Waals surface area contributed by atoms with E-state index >= 15 is 0 Å². The van der Waals surface area contributed by atoms with Crippen LogP contribution in [0.1, 0.15) is 535 Å². The molecule has 10 aromatic carbocycles. The Balaban J connectivity index is 1.05. The van der Waals surface area contributed by atoms with Crippen molar-refractivity contribution >= 4 is 0 Å². The van der Waals surface area contributed by atoms with Crippen molar-refractivity contribution in [3.8, 4) is 100 Å². The van der Waals surface area contributed by atoms with Gasteiger partial charge in [-0.1, -0.05) is 537 Å². The predicted molar refractivity (Wildman–Crippen MR) is 605 cm³/mol. The van der Waals surface area contributed by atoms with Gasteiger partial charge in [0.2, 0.25) is 0 Å². The van der Waals surface area contributed by atoms with Crippen LogP contribution in [0.4, 0.5) is 0 Å². The second kappa shape index (κ2) is 49.0. The largest absolute Gasteiger partial charge is 0.0654 e. The first-order valence-electron chi connectivity index (χ1n) is 59.4. The molecule has 0 fully saturated rings. The number of unbranched alkanes of at least 4 members (excludes halogenated alkanes) is 36. The molecule has 0 heterocycles. The number of rotatable bonds is 63. The Bertz CT molecular complexity index is 4960. The molecule has 10 aromatic rings. The smallest absolute Gasteiger partial charge is 0.0221 e. The van der Waals surface area contributed by atoms with Gasteiger partial charge in [0.05, 0.1) is 0 Å². The Morgan fingerprint density at radius 1 is 0.130 bits per heavy atom. The zero-order chi connectivity index (χ0) is 96.0. The highest BCUT2D eigenvalue weighted by Crippen LogP contribution is 2.73. The van der Waals surface area contributed by atoms with E-state index in [1.54, 1.807) is 100 Å². The fraction of sp³-hybridized carbons (Fsp3) is 0.565. The standard InChI is InChI=1S/C138H186/c1-13-25-37-55-85-133(86-56-38-26-14-2)118-70-52-49-67-109(118)112-79-73-106(100-124(112)133)103-76-82-121-115(97-103)127-130(136(121,91-61-43-31-19-7)92-62-44-32-20-8)128-117-99-105(108-75-81-114-111-69-51-54-72-120(111)135(126(114)102-108,89-59-41-29-17-5)90-60-42-30-18-6)78-84-123(117)138(95-65-47-35-23-11,96-66-48-36-24-12)132(128)129-116-98-104(77-83-122(116)137(131(127)129,93-63-45-33-21-9)94-64-46-34-22-10)107-74-80-113-110-68-50-53-71-119(110)134(125(113)101-107,87-57-39-27-15-3)88-58-40-28-16-4/h49-54,67-84,97-102H,13-48,55-66,85-96H2,1-12H3. The van der Waals surface area contributed by atoms with Gasteiger partial charge in [0, 0.05) is 32.5 Å². The van der Waals surface area contributed by atoms with Crippen LogP contribution in [0.15, 0.2) is 182 Å². The third-order valence-electron chi connectivity index (χ3n) is 36.6. The quantitative estimate of drug-likeness (QED) is 0.0333. The third-order valence-corrected chi connectivity index (χ3v) is 36.6. The van der Waals surface area contributed by atoms with Crippen LogP contribution in [-0.4, -0.2) is 0 Å². The SMILES string of the molecule is CCCCCCC1(CCCCCC)c2ccccc2-c2ccc(-c3ccc4c(c3)-c3c(c5c(c6c3C(CCCCCC)(CCCCCC)c3ccc(-c7ccc8c(c7)C(CCCCCC)(CCCCCC)c7ccccc7-8)cc3-6)C(CCCCCC)(CCCCCC)c3ccc(-c6ccc7c(c6)C(CCCCCC)(CCCCCC)c6ccccc6-7)cc3-5)C4(CCCCCC)CCCCCC)cc21. The van der Waals surface area contributed by atoms with Gasteiger partial charge in [0.1, 0.15) is 0 Å². The molecule has 6 aliphatic carbocycles. The number of fused-ring (bicyclic) bond motifs is 21. The van der Waals surface area contributed by atoms with E-state index in [4.69, 9.17) is 0 Å². The van der Waals surface area contributed by atoms with E-state index < -0.39 is 0 Å². The Kier molecular flexibility index (Phi) is 36.6. The van der Waals surface area contributed by atoms with Crippen molar-refractivity contribution in [3.63, 3.8) is 0 Å². The van der Waals surface area contributed by atoms with Gasteiger partial charge < -0.3 is 0 Å². The molecular formula is C138H186. The summed E-state index contributed by atoms with van der Waals surface area (Å²) in [4.78, 5) is 0. The third kappa shape index (κ3) is 20.4. The molecule has 0 spiro atoms. The maximum absolute atomic E-state index is 2.95. The van der Waals surface area contributed by atoms with Crippen molar-refractivity contribution in [2.45, 2.75) is 501 Å².